The van der Waals surface area contributed by atoms with Crippen LogP contribution in [-0.4, -0.2) is 113 Å². The molecule has 19 heteroatoms. The zero-order valence-electron chi connectivity index (χ0n) is 47.6. The second-order valence-corrected chi connectivity index (χ2v) is 23.1. The van der Waals surface area contributed by atoms with Gasteiger partial charge in [0.25, 0.3) is 0 Å². The lowest BCUT2D eigenvalue weighted by molar-refractivity contribution is -0.368. The van der Waals surface area contributed by atoms with Crippen LogP contribution in [0, 0.1) is 0 Å². The first-order valence-electron chi connectivity index (χ1n) is 29.0. The Morgan fingerprint density at radius 2 is 0.609 bits per heavy atom. The van der Waals surface area contributed by atoms with E-state index in [-0.39, 0.29) is 39.6 Å². The van der Waals surface area contributed by atoms with Crippen molar-refractivity contribution in [2.75, 3.05) is 13.2 Å². The standard InChI is InChI=1S/C68H66N8O9S2/c1-9-25-49(26-10-1)41-77-47-57-63(86-67-69-71-73-75(67)55-37-21-7-22-38-55)59(79-43-51-29-13-3-14-30-51)61(81-45-53-33-17-5-18-34-53)65(83-57)85-66-62(82-46-54-35-19-6-20-36-54)60(80-44-52-31-15-4-16-32-52)64(58(84-66)48-78-42-50-27-11-2-12-28-50)87-68-70-72-74-76(68)56-39-23-8-24-40-56/h1-40,57-66H,41-48H2/t57-,58-,59-,60-,61-,62-,63+,64+,65-,66-/m1/s1. The third-order valence-electron chi connectivity index (χ3n) is 14.7. The summed E-state index contributed by atoms with van der Waals surface area (Å²) >= 11 is 2.86. The van der Waals surface area contributed by atoms with Crippen LogP contribution in [0.1, 0.15) is 33.4 Å². The summed E-state index contributed by atoms with van der Waals surface area (Å²) in [5, 5.41) is 26.4. The van der Waals surface area contributed by atoms with Crippen molar-refractivity contribution in [3.05, 3.63) is 276 Å². The fourth-order valence-electron chi connectivity index (χ4n) is 10.4. The molecule has 2 aliphatic heterocycles. The zero-order valence-corrected chi connectivity index (χ0v) is 49.2. The molecule has 12 rings (SSSR count). The number of ether oxygens (including phenoxy) is 9. The molecule has 2 aromatic heterocycles. The van der Waals surface area contributed by atoms with Crippen molar-refractivity contribution in [2.45, 2.75) is 110 Å². The molecule has 2 fully saturated rings. The lowest BCUT2D eigenvalue weighted by Gasteiger charge is -2.49. The molecule has 0 spiro atoms. The van der Waals surface area contributed by atoms with Gasteiger partial charge in [-0.25, -0.2) is 0 Å². The van der Waals surface area contributed by atoms with Gasteiger partial charge in [-0.05, 0) is 78.5 Å². The summed E-state index contributed by atoms with van der Waals surface area (Å²) in [5.41, 5.74) is 7.36. The summed E-state index contributed by atoms with van der Waals surface area (Å²) in [5.74, 6) is 0. The summed E-state index contributed by atoms with van der Waals surface area (Å²) in [6, 6.07) is 79.8. The number of nitrogens with zero attached hydrogens (tertiary/aromatic N) is 8. The molecule has 4 heterocycles. The summed E-state index contributed by atoms with van der Waals surface area (Å²) in [4.78, 5) is 0. The Labute approximate surface area is 514 Å². The normalized spacial score (nSPS) is 22.0. The van der Waals surface area contributed by atoms with Crippen molar-refractivity contribution in [3.8, 4) is 11.4 Å². The van der Waals surface area contributed by atoms with Gasteiger partial charge in [0.2, 0.25) is 10.3 Å². The molecule has 0 bridgehead atoms. The Hall–Kier alpha value is -7.76. The van der Waals surface area contributed by atoms with E-state index in [0.29, 0.717) is 23.5 Å². The summed E-state index contributed by atoms with van der Waals surface area (Å²) in [7, 11) is 0. The Morgan fingerprint density at radius 1 is 0.333 bits per heavy atom. The van der Waals surface area contributed by atoms with Crippen molar-refractivity contribution in [2.24, 2.45) is 0 Å². The van der Waals surface area contributed by atoms with Crippen molar-refractivity contribution < 1.29 is 42.6 Å². The molecule has 87 heavy (non-hydrogen) atoms. The van der Waals surface area contributed by atoms with E-state index in [1.807, 2.05) is 243 Å². The minimum absolute atomic E-state index is 0.114. The average Bonchev–Trinajstić information content (AvgIpc) is 3.24. The first-order valence-corrected chi connectivity index (χ1v) is 30.7. The number of aromatic nitrogens is 8. The average molecular weight is 1200 g/mol. The maximum Gasteiger partial charge on any atom is 0.214 e. The lowest BCUT2D eigenvalue weighted by Crippen LogP contribution is -2.64. The first kappa shape index (κ1) is 59.6. The molecule has 0 saturated carbocycles. The fraction of sp³-hybridized carbons (Fsp3) is 0.265. The quantitative estimate of drug-likeness (QED) is 0.0453. The predicted octanol–water partition coefficient (Wildman–Crippen LogP) is 11.5. The summed E-state index contributed by atoms with van der Waals surface area (Å²) < 4.78 is 68.3. The van der Waals surface area contributed by atoms with Crippen LogP contribution in [0.5, 0.6) is 0 Å². The molecule has 0 amide bonds. The molecule has 10 aromatic rings. The van der Waals surface area contributed by atoms with E-state index < -0.39 is 59.7 Å². The maximum absolute atomic E-state index is 7.57. The van der Waals surface area contributed by atoms with E-state index in [4.69, 9.17) is 42.6 Å². The molecule has 0 N–H and O–H groups in total. The van der Waals surface area contributed by atoms with Crippen LogP contribution >= 0.6 is 23.5 Å². The number of benzene rings is 8. The predicted molar refractivity (Wildman–Crippen MR) is 328 cm³/mol. The van der Waals surface area contributed by atoms with E-state index >= 15 is 0 Å². The van der Waals surface area contributed by atoms with E-state index in [2.05, 4.69) is 31.1 Å². The van der Waals surface area contributed by atoms with Crippen molar-refractivity contribution in [1.82, 2.24) is 40.4 Å². The van der Waals surface area contributed by atoms with Crippen LogP contribution in [0.4, 0.5) is 0 Å². The van der Waals surface area contributed by atoms with Gasteiger partial charge in [0, 0.05) is 0 Å². The molecule has 0 unspecified atom stereocenters. The minimum Gasteiger partial charge on any atom is -0.374 e. The number of rotatable bonds is 28. The highest BCUT2D eigenvalue weighted by molar-refractivity contribution is 8.00. The monoisotopic (exact) mass is 1200 g/mol. The van der Waals surface area contributed by atoms with E-state index in [1.54, 1.807) is 9.36 Å². The van der Waals surface area contributed by atoms with Crippen molar-refractivity contribution in [3.63, 3.8) is 0 Å². The van der Waals surface area contributed by atoms with Gasteiger partial charge < -0.3 is 42.6 Å². The van der Waals surface area contributed by atoms with Crippen LogP contribution in [0.3, 0.4) is 0 Å². The zero-order chi connectivity index (χ0) is 58.7. The minimum atomic E-state index is -1.19. The van der Waals surface area contributed by atoms with E-state index in [1.165, 1.54) is 23.5 Å². The van der Waals surface area contributed by atoms with E-state index in [9.17, 15) is 0 Å². The third kappa shape index (κ3) is 16.1. The second-order valence-electron chi connectivity index (χ2n) is 20.9. The third-order valence-corrected chi connectivity index (χ3v) is 17.4. The second kappa shape index (κ2) is 30.7. The van der Waals surface area contributed by atoms with Gasteiger partial charge in [-0.2, -0.15) is 9.36 Å². The number of hydrogen-bond acceptors (Lipinski definition) is 17. The number of hydrogen-bond donors (Lipinski definition) is 0. The number of tetrazole rings is 2. The Balaban J connectivity index is 0.965. The van der Waals surface area contributed by atoms with Crippen molar-refractivity contribution >= 4 is 23.5 Å². The largest absolute Gasteiger partial charge is 0.374 e. The lowest BCUT2D eigenvalue weighted by atomic mass is 9.99. The first-order chi connectivity index (χ1) is 43.1. The Bertz CT molecular complexity index is 3340. The maximum atomic E-state index is 7.57. The molecule has 0 aliphatic carbocycles. The molecule has 10 atom stereocenters. The summed E-state index contributed by atoms with van der Waals surface area (Å²) in [6.07, 6.45) is -7.26. The number of para-hydroxylation sites is 2. The molecular formula is C68H66N8O9S2. The van der Waals surface area contributed by atoms with Gasteiger partial charge in [0.1, 0.15) is 24.4 Å². The highest BCUT2D eigenvalue weighted by atomic mass is 32.2. The smallest absolute Gasteiger partial charge is 0.214 e. The van der Waals surface area contributed by atoms with Gasteiger partial charge in [-0.15, -0.1) is 10.2 Å². The van der Waals surface area contributed by atoms with Gasteiger partial charge in [-0.1, -0.05) is 242 Å². The highest BCUT2D eigenvalue weighted by Gasteiger charge is 2.55. The Kier molecular flexibility index (Phi) is 21.0. The Morgan fingerprint density at radius 3 is 0.920 bits per heavy atom. The van der Waals surface area contributed by atoms with Crippen LogP contribution < -0.4 is 0 Å². The SMILES string of the molecule is c1ccc(COC[C@H]2O[C@H](O[C@H]3O[C@H](COCc4ccccc4)[C@H](Sc4nnnn4-c4ccccc4)[C@H](OCc4ccccc4)[C@H]3OCc3ccccc3)[C@H](OCc3ccccc3)[C@@H](OCc3ccccc3)[C@H]2Sc2nnnn2-c2ccccc2)cc1. The topological polar surface area (TPSA) is 170 Å². The van der Waals surface area contributed by atoms with Crippen molar-refractivity contribution in [1.29, 1.82) is 0 Å². The van der Waals surface area contributed by atoms with Gasteiger partial charge >= 0.3 is 0 Å². The fourth-order valence-corrected chi connectivity index (χ4v) is 12.9. The van der Waals surface area contributed by atoms with Gasteiger partial charge in [0.15, 0.2) is 12.6 Å². The molecule has 444 valence electrons. The molecule has 17 nitrogen and oxygen atoms in total. The molecule has 2 saturated heterocycles. The van der Waals surface area contributed by atoms with E-state index in [0.717, 1.165) is 44.8 Å². The highest BCUT2D eigenvalue weighted by Crippen LogP contribution is 2.43. The van der Waals surface area contributed by atoms with Gasteiger partial charge in [-0.3, -0.25) is 0 Å². The van der Waals surface area contributed by atoms with Crippen LogP contribution in [-0.2, 0) is 82.3 Å². The van der Waals surface area contributed by atoms with Crippen LogP contribution in [0.15, 0.2) is 253 Å². The molecule has 0 radical (unpaired) electrons. The number of thioether (sulfide) groups is 2. The molecule has 8 aromatic carbocycles. The molecular weight excluding hydrogens is 1140 g/mol. The van der Waals surface area contributed by atoms with Gasteiger partial charge in [0.05, 0.1) is 86.9 Å². The van der Waals surface area contributed by atoms with Crippen LogP contribution in [0.25, 0.3) is 11.4 Å². The van der Waals surface area contributed by atoms with Crippen LogP contribution in [0.2, 0.25) is 0 Å². The molecule has 2 aliphatic rings. The summed E-state index contributed by atoms with van der Waals surface area (Å²) in [6.45, 7) is 1.67.